The lowest BCUT2D eigenvalue weighted by Gasteiger charge is -2.30. The van der Waals surface area contributed by atoms with Gasteiger partial charge in [0.15, 0.2) is 0 Å². The van der Waals surface area contributed by atoms with Gasteiger partial charge in [0.25, 0.3) is 0 Å². The van der Waals surface area contributed by atoms with Crippen molar-refractivity contribution in [2.75, 3.05) is 37.0 Å². The Morgan fingerprint density at radius 1 is 1.43 bits per heavy atom. The SMILES string of the molecule is CCC(CC)(CN)C(=O)Nc1ccc2c(c1)N(C)CCO2. The molecule has 1 aliphatic heterocycles. The van der Waals surface area contributed by atoms with Crippen LogP contribution in [0.1, 0.15) is 26.7 Å². The van der Waals surface area contributed by atoms with Gasteiger partial charge in [0.1, 0.15) is 12.4 Å². The molecule has 0 bridgehead atoms. The first kappa shape index (κ1) is 15.6. The van der Waals surface area contributed by atoms with Crippen LogP contribution in [-0.2, 0) is 4.79 Å². The summed E-state index contributed by atoms with van der Waals surface area (Å²) in [5, 5.41) is 3.01. The minimum atomic E-state index is -0.488. The first-order chi connectivity index (χ1) is 10.1. The maximum Gasteiger partial charge on any atom is 0.231 e. The lowest BCUT2D eigenvalue weighted by molar-refractivity contribution is -0.125. The van der Waals surface area contributed by atoms with Gasteiger partial charge in [0.2, 0.25) is 5.91 Å². The highest BCUT2D eigenvalue weighted by atomic mass is 16.5. The number of amides is 1. The predicted octanol–water partition coefficient (Wildman–Crippen LogP) is 2.22. The van der Waals surface area contributed by atoms with E-state index in [2.05, 4.69) is 10.2 Å². The number of nitrogens with two attached hydrogens (primary N) is 1. The Morgan fingerprint density at radius 3 is 2.76 bits per heavy atom. The van der Waals surface area contributed by atoms with Gasteiger partial charge in [-0.05, 0) is 31.0 Å². The second kappa shape index (κ2) is 6.35. The zero-order valence-corrected chi connectivity index (χ0v) is 13.1. The van der Waals surface area contributed by atoms with Crippen molar-refractivity contribution in [2.45, 2.75) is 26.7 Å². The number of benzene rings is 1. The number of hydrogen-bond acceptors (Lipinski definition) is 4. The number of nitrogens with zero attached hydrogens (tertiary/aromatic N) is 1. The third-order valence-electron chi connectivity index (χ3n) is 4.54. The summed E-state index contributed by atoms with van der Waals surface area (Å²) in [6.07, 6.45) is 1.47. The van der Waals surface area contributed by atoms with Crippen LogP contribution in [0.2, 0.25) is 0 Å². The molecule has 1 aromatic rings. The van der Waals surface area contributed by atoms with E-state index < -0.39 is 5.41 Å². The number of ether oxygens (including phenoxy) is 1. The number of fused-ring (bicyclic) bond motifs is 1. The Hall–Kier alpha value is -1.75. The third kappa shape index (κ3) is 2.97. The van der Waals surface area contributed by atoms with Crippen molar-refractivity contribution >= 4 is 17.3 Å². The average Bonchev–Trinajstić information content (AvgIpc) is 2.50. The molecular formula is C16H25N3O2. The number of nitrogens with one attached hydrogen (secondary N) is 1. The van der Waals surface area contributed by atoms with Crippen molar-refractivity contribution in [3.8, 4) is 5.75 Å². The van der Waals surface area contributed by atoms with Crippen molar-refractivity contribution in [2.24, 2.45) is 11.1 Å². The summed E-state index contributed by atoms with van der Waals surface area (Å²) in [7, 11) is 2.02. The number of hydrogen-bond donors (Lipinski definition) is 2. The molecule has 1 heterocycles. The smallest absolute Gasteiger partial charge is 0.231 e. The van der Waals surface area contributed by atoms with E-state index in [0.29, 0.717) is 13.2 Å². The first-order valence-electron chi connectivity index (χ1n) is 7.56. The fraction of sp³-hybridized carbons (Fsp3) is 0.562. The van der Waals surface area contributed by atoms with Crippen LogP contribution < -0.4 is 20.7 Å². The van der Waals surface area contributed by atoms with E-state index in [1.165, 1.54) is 0 Å². The van der Waals surface area contributed by atoms with Gasteiger partial charge >= 0.3 is 0 Å². The molecule has 5 nitrogen and oxygen atoms in total. The normalized spacial score (nSPS) is 14.4. The van der Waals surface area contributed by atoms with Crippen LogP contribution >= 0.6 is 0 Å². The van der Waals surface area contributed by atoms with E-state index in [9.17, 15) is 4.79 Å². The fourth-order valence-electron chi connectivity index (χ4n) is 2.64. The van der Waals surface area contributed by atoms with E-state index in [1.807, 2.05) is 39.1 Å². The fourth-order valence-corrected chi connectivity index (χ4v) is 2.64. The number of carbonyl (C=O) groups excluding carboxylic acids is 1. The largest absolute Gasteiger partial charge is 0.490 e. The maximum absolute atomic E-state index is 12.5. The Labute approximate surface area is 126 Å². The Balaban J connectivity index is 2.20. The zero-order valence-electron chi connectivity index (χ0n) is 13.1. The highest BCUT2D eigenvalue weighted by Gasteiger charge is 2.33. The molecule has 116 valence electrons. The Kier molecular flexibility index (Phi) is 4.73. The Bertz CT molecular complexity index is 504. The molecule has 0 fully saturated rings. The van der Waals surface area contributed by atoms with E-state index in [1.54, 1.807) is 0 Å². The van der Waals surface area contributed by atoms with E-state index in [-0.39, 0.29) is 5.91 Å². The van der Waals surface area contributed by atoms with Gasteiger partial charge in [-0.25, -0.2) is 0 Å². The van der Waals surface area contributed by atoms with Gasteiger partial charge in [-0.2, -0.15) is 0 Å². The number of carbonyl (C=O) groups is 1. The minimum Gasteiger partial charge on any atom is -0.490 e. The summed E-state index contributed by atoms with van der Waals surface area (Å²) in [6.45, 7) is 5.91. The lowest BCUT2D eigenvalue weighted by Crippen LogP contribution is -2.41. The average molecular weight is 291 g/mol. The first-order valence-corrected chi connectivity index (χ1v) is 7.56. The molecule has 0 unspecified atom stereocenters. The predicted molar refractivity (Wildman–Crippen MR) is 85.9 cm³/mol. The Morgan fingerprint density at radius 2 is 2.14 bits per heavy atom. The molecule has 0 saturated heterocycles. The van der Waals surface area contributed by atoms with Gasteiger partial charge in [-0.15, -0.1) is 0 Å². The molecular weight excluding hydrogens is 266 g/mol. The van der Waals surface area contributed by atoms with Crippen LogP contribution in [0.3, 0.4) is 0 Å². The van der Waals surface area contributed by atoms with Crippen molar-refractivity contribution in [1.82, 2.24) is 0 Å². The maximum atomic E-state index is 12.5. The zero-order chi connectivity index (χ0) is 15.5. The summed E-state index contributed by atoms with van der Waals surface area (Å²) >= 11 is 0. The number of anilines is 2. The van der Waals surface area contributed by atoms with Crippen molar-refractivity contribution in [3.05, 3.63) is 18.2 Å². The molecule has 2 rings (SSSR count). The second-order valence-electron chi connectivity index (χ2n) is 5.60. The van der Waals surface area contributed by atoms with Crippen LogP contribution in [0.15, 0.2) is 18.2 Å². The van der Waals surface area contributed by atoms with Gasteiger partial charge < -0.3 is 20.7 Å². The topological polar surface area (TPSA) is 67.6 Å². The molecule has 0 atom stereocenters. The van der Waals surface area contributed by atoms with Crippen LogP contribution in [0, 0.1) is 5.41 Å². The molecule has 21 heavy (non-hydrogen) atoms. The van der Waals surface area contributed by atoms with Gasteiger partial charge in [-0.3, -0.25) is 4.79 Å². The van der Waals surface area contributed by atoms with Crippen molar-refractivity contribution < 1.29 is 9.53 Å². The lowest BCUT2D eigenvalue weighted by atomic mass is 9.81. The molecule has 0 aromatic heterocycles. The van der Waals surface area contributed by atoms with Crippen LogP contribution in [0.4, 0.5) is 11.4 Å². The molecule has 0 saturated carbocycles. The second-order valence-corrected chi connectivity index (χ2v) is 5.60. The number of rotatable bonds is 5. The molecule has 1 aromatic carbocycles. The molecule has 5 heteroatoms. The van der Waals surface area contributed by atoms with Crippen molar-refractivity contribution in [1.29, 1.82) is 0 Å². The summed E-state index contributed by atoms with van der Waals surface area (Å²) < 4.78 is 5.61. The highest BCUT2D eigenvalue weighted by molar-refractivity contribution is 5.96. The van der Waals surface area contributed by atoms with Crippen molar-refractivity contribution in [3.63, 3.8) is 0 Å². The summed E-state index contributed by atoms with van der Waals surface area (Å²) in [5.74, 6) is 0.854. The standard InChI is InChI=1S/C16H25N3O2/c1-4-16(5-2,11-17)15(20)18-12-6-7-14-13(10-12)19(3)8-9-21-14/h6-7,10H,4-5,8-9,11,17H2,1-3H3,(H,18,20). The quantitative estimate of drug-likeness (QED) is 0.873. The monoisotopic (exact) mass is 291 g/mol. The van der Waals surface area contributed by atoms with Crippen LogP contribution in [0.5, 0.6) is 5.75 Å². The summed E-state index contributed by atoms with van der Waals surface area (Å²) in [6, 6.07) is 5.74. The minimum absolute atomic E-state index is 0.00525. The van der Waals surface area contributed by atoms with Gasteiger partial charge in [-0.1, -0.05) is 13.8 Å². The molecule has 1 amide bonds. The van der Waals surface area contributed by atoms with E-state index >= 15 is 0 Å². The summed E-state index contributed by atoms with van der Waals surface area (Å²) in [5.41, 5.74) is 7.13. The molecule has 0 radical (unpaired) electrons. The van der Waals surface area contributed by atoms with Crippen LogP contribution in [0.25, 0.3) is 0 Å². The molecule has 0 spiro atoms. The number of likely N-dealkylation sites (N-methyl/N-ethyl adjacent to an activating group) is 1. The van der Waals surface area contributed by atoms with E-state index in [4.69, 9.17) is 10.5 Å². The third-order valence-corrected chi connectivity index (χ3v) is 4.54. The highest BCUT2D eigenvalue weighted by Crippen LogP contribution is 2.34. The van der Waals surface area contributed by atoms with Gasteiger partial charge in [0.05, 0.1) is 17.6 Å². The molecule has 1 aliphatic rings. The molecule has 0 aliphatic carbocycles. The van der Waals surface area contributed by atoms with Crippen LogP contribution in [-0.4, -0.2) is 32.7 Å². The van der Waals surface area contributed by atoms with E-state index in [0.717, 1.165) is 36.5 Å². The molecule has 3 N–H and O–H groups in total. The summed E-state index contributed by atoms with van der Waals surface area (Å²) in [4.78, 5) is 14.7. The van der Waals surface area contributed by atoms with Gasteiger partial charge in [0, 0.05) is 19.3 Å².